The second-order valence-corrected chi connectivity index (χ2v) is 6.76. The molecule has 0 radical (unpaired) electrons. The maximum absolute atomic E-state index is 10.6. The fourth-order valence-corrected chi connectivity index (χ4v) is 3.57. The van der Waals surface area contributed by atoms with Crippen molar-refractivity contribution in [1.29, 1.82) is 0 Å². The minimum Gasteiger partial charge on any atom is -0.507 e. The Hall–Kier alpha value is -2.00. The SMILES string of the molecule is COc1cc(C)c(-c2c(O)ccc3cc(Br)ccc23)c(C)c1C. The van der Waals surface area contributed by atoms with Gasteiger partial charge in [-0.15, -0.1) is 0 Å². The van der Waals surface area contributed by atoms with Crippen molar-refractivity contribution in [1.82, 2.24) is 0 Å². The first-order valence-corrected chi connectivity index (χ1v) is 8.29. The molecule has 23 heavy (non-hydrogen) atoms. The third-order valence-corrected chi connectivity index (χ3v) is 4.97. The lowest BCUT2D eigenvalue weighted by molar-refractivity contribution is 0.411. The minimum atomic E-state index is 0.301. The predicted molar refractivity (Wildman–Crippen MR) is 99.5 cm³/mol. The van der Waals surface area contributed by atoms with Crippen LogP contribution >= 0.6 is 15.9 Å². The van der Waals surface area contributed by atoms with Crippen LogP contribution in [-0.2, 0) is 0 Å². The molecular weight excluding hydrogens is 352 g/mol. The second-order valence-electron chi connectivity index (χ2n) is 5.85. The van der Waals surface area contributed by atoms with E-state index in [1.807, 2.05) is 24.3 Å². The van der Waals surface area contributed by atoms with Gasteiger partial charge in [-0.25, -0.2) is 0 Å². The van der Waals surface area contributed by atoms with Gasteiger partial charge in [0.1, 0.15) is 11.5 Å². The predicted octanol–water partition coefficient (Wildman–Crippen LogP) is 5.91. The highest BCUT2D eigenvalue weighted by atomic mass is 79.9. The van der Waals surface area contributed by atoms with Crippen molar-refractivity contribution in [2.24, 2.45) is 0 Å². The number of fused-ring (bicyclic) bond motifs is 1. The van der Waals surface area contributed by atoms with Gasteiger partial charge >= 0.3 is 0 Å². The van der Waals surface area contributed by atoms with Crippen LogP contribution in [0.3, 0.4) is 0 Å². The molecule has 0 aliphatic carbocycles. The Morgan fingerprint density at radius 2 is 1.65 bits per heavy atom. The van der Waals surface area contributed by atoms with Crippen LogP contribution in [0, 0.1) is 20.8 Å². The first-order chi connectivity index (χ1) is 10.9. The highest BCUT2D eigenvalue weighted by Crippen LogP contribution is 2.42. The van der Waals surface area contributed by atoms with E-state index in [0.717, 1.165) is 48.8 Å². The molecule has 3 heteroatoms. The van der Waals surface area contributed by atoms with Gasteiger partial charge in [-0.3, -0.25) is 0 Å². The molecule has 3 aromatic carbocycles. The molecule has 0 bridgehead atoms. The van der Waals surface area contributed by atoms with Gasteiger partial charge < -0.3 is 9.84 Å². The van der Waals surface area contributed by atoms with Gasteiger partial charge in [0, 0.05) is 10.0 Å². The number of halogens is 1. The molecule has 0 saturated heterocycles. The van der Waals surface area contributed by atoms with E-state index in [-0.39, 0.29) is 0 Å². The van der Waals surface area contributed by atoms with E-state index in [4.69, 9.17) is 4.74 Å². The van der Waals surface area contributed by atoms with Crippen LogP contribution in [0.15, 0.2) is 40.9 Å². The number of hydrogen-bond acceptors (Lipinski definition) is 2. The number of aromatic hydroxyl groups is 1. The van der Waals surface area contributed by atoms with E-state index in [0.29, 0.717) is 5.75 Å². The lowest BCUT2D eigenvalue weighted by Gasteiger charge is -2.18. The molecule has 0 aliphatic rings. The number of hydrogen-bond donors (Lipinski definition) is 1. The standard InChI is InChI=1S/C20H19BrO2/c1-11-9-18(23-4)12(2)13(3)19(11)20-16-7-6-15(21)10-14(16)5-8-17(20)22/h5-10,22H,1-4H3. The van der Waals surface area contributed by atoms with Crippen LogP contribution in [0.5, 0.6) is 11.5 Å². The second kappa shape index (κ2) is 5.89. The molecule has 0 unspecified atom stereocenters. The van der Waals surface area contributed by atoms with E-state index in [1.54, 1.807) is 13.2 Å². The summed E-state index contributed by atoms with van der Waals surface area (Å²) in [6, 6.07) is 11.9. The molecule has 3 rings (SSSR count). The van der Waals surface area contributed by atoms with Gasteiger partial charge in [0.2, 0.25) is 0 Å². The van der Waals surface area contributed by atoms with Crippen LogP contribution in [-0.4, -0.2) is 12.2 Å². The number of phenolic OH excluding ortho intramolecular Hbond substituents is 1. The maximum Gasteiger partial charge on any atom is 0.124 e. The Kier molecular flexibility index (Phi) is 4.07. The van der Waals surface area contributed by atoms with Crippen molar-refractivity contribution in [3.05, 3.63) is 57.6 Å². The largest absolute Gasteiger partial charge is 0.507 e. The third kappa shape index (κ3) is 2.59. The zero-order valence-corrected chi connectivity index (χ0v) is 15.3. The monoisotopic (exact) mass is 370 g/mol. The average Bonchev–Trinajstić information content (AvgIpc) is 2.53. The molecule has 0 aliphatic heterocycles. The summed E-state index contributed by atoms with van der Waals surface area (Å²) in [7, 11) is 1.69. The van der Waals surface area contributed by atoms with Gasteiger partial charge in [0.25, 0.3) is 0 Å². The Bertz CT molecular complexity index is 913. The summed E-state index contributed by atoms with van der Waals surface area (Å²) in [5, 5.41) is 12.7. The molecule has 2 nitrogen and oxygen atoms in total. The molecule has 118 valence electrons. The number of ether oxygens (including phenoxy) is 1. The van der Waals surface area contributed by atoms with Gasteiger partial charge in [0.05, 0.1) is 7.11 Å². The lowest BCUT2D eigenvalue weighted by atomic mass is 9.88. The van der Waals surface area contributed by atoms with E-state index >= 15 is 0 Å². The topological polar surface area (TPSA) is 29.5 Å². The summed E-state index contributed by atoms with van der Waals surface area (Å²) < 4.78 is 6.49. The molecular formula is C20H19BrO2. The highest BCUT2D eigenvalue weighted by molar-refractivity contribution is 9.10. The first-order valence-electron chi connectivity index (χ1n) is 7.50. The first kappa shape index (κ1) is 15.9. The van der Waals surface area contributed by atoms with Crippen molar-refractivity contribution in [2.75, 3.05) is 7.11 Å². The Labute approximate surface area is 144 Å². The van der Waals surface area contributed by atoms with Crippen molar-refractivity contribution < 1.29 is 9.84 Å². The normalized spacial score (nSPS) is 11.0. The summed E-state index contributed by atoms with van der Waals surface area (Å²) in [6.07, 6.45) is 0. The van der Waals surface area contributed by atoms with E-state index in [2.05, 4.69) is 42.8 Å². The number of rotatable bonds is 2. The number of methoxy groups -OCH3 is 1. The fourth-order valence-electron chi connectivity index (χ4n) is 3.19. The lowest BCUT2D eigenvalue weighted by Crippen LogP contribution is -1.97. The Balaban J connectivity index is 2.42. The summed E-state index contributed by atoms with van der Waals surface area (Å²) in [6.45, 7) is 6.19. The highest BCUT2D eigenvalue weighted by Gasteiger charge is 2.17. The van der Waals surface area contributed by atoms with Gasteiger partial charge in [0.15, 0.2) is 0 Å². The van der Waals surface area contributed by atoms with Crippen molar-refractivity contribution in [3.8, 4) is 22.6 Å². The van der Waals surface area contributed by atoms with Gasteiger partial charge in [-0.1, -0.05) is 28.1 Å². The van der Waals surface area contributed by atoms with E-state index < -0.39 is 0 Å². The number of phenols is 1. The van der Waals surface area contributed by atoms with Gasteiger partial charge in [-0.05, 0) is 78.1 Å². The average molecular weight is 371 g/mol. The fraction of sp³-hybridized carbons (Fsp3) is 0.200. The molecule has 3 aromatic rings. The minimum absolute atomic E-state index is 0.301. The molecule has 0 heterocycles. The summed E-state index contributed by atoms with van der Waals surface area (Å²) in [4.78, 5) is 0. The Morgan fingerprint density at radius 1 is 0.913 bits per heavy atom. The molecule has 0 amide bonds. The van der Waals surface area contributed by atoms with Crippen LogP contribution in [0.4, 0.5) is 0 Å². The van der Waals surface area contributed by atoms with E-state index in [9.17, 15) is 5.11 Å². The Morgan fingerprint density at radius 3 is 2.35 bits per heavy atom. The van der Waals surface area contributed by atoms with Gasteiger partial charge in [-0.2, -0.15) is 0 Å². The zero-order valence-electron chi connectivity index (χ0n) is 13.7. The molecule has 0 fully saturated rings. The molecule has 0 saturated carbocycles. The molecule has 1 N–H and O–H groups in total. The van der Waals surface area contributed by atoms with Crippen LogP contribution in [0.1, 0.15) is 16.7 Å². The summed E-state index contributed by atoms with van der Waals surface area (Å²) >= 11 is 3.51. The van der Waals surface area contributed by atoms with E-state index in [1.165, 1.54) is 0 Å². The van der Waals surface area contributed by atoms with Crippen LogP contribution in [0.2, 0.25) is 0 Å². The van der Waals surface area contributed by atoms with Crippen molar-refractivity contribution in [2.45, 2.75) is 20.8 Å². The molecule has 0 aromatic heterocycles. The maximum atomic E-state index is 10.6. The zero-order chi connectivity index (χ0) is 16.7. The van der Waals surface area contributed by atoms with Crippen molar-refractivity contribution >= 4 is 26.7 Å². The third-order valence-electron chi connectivity index (χ3n) is 4.48. The van der Waals surface area contributed by atoms with Crippen molar-refractivity contribution in [3.63, 3.8) is 0 Å². The summed E-state index contributed by atoms with van der Waals surface area (Å²) in [5.74, 6) is 1.18. The number of benzene rings is 3. The van der Waals surface area contributed by atoms with Crippen LogP contribution < -0.4 is 4.74 Å². The summed E-state index contributed by atoms with van der Waals surface area (Å²) in [5.41, 5.74) is 5.29. The quantitative estimate of drug-likeness (QED) is 0.607. The molecule has 0 spiro atoms. The van der Waals surface area contributed by atoms with Crippen LogP contribution in [0.25, 0.3) is 21.9 Å². The smallest absolute Gasteiger partial charge is 0.124 e. The number of aryl methyl sites for hydroxylation is 1. The molecule has 0 atom stereocenters.